The molecule has 1 aromatic heterocycles. The van der Waals surface area contributed by atoms with Crippen molar-refractivity contribution in [2.75, 3.05) is 13.2 Å². The second-order valence-corrected chi connectivity index (χ2v) is 4.45. The molecule has 1 heterocycles. The summed E-state index contributed by atoms with van der Waals surface area (Å²) >= 11 is 0. The number of nitrogens with one attached hydrogen (secondary N) is 1. The molecule has 0 saturated carbocycles. The fraction of sp³-hybridized carbons (Fsp3) is 0.333. The maximum Gasteiger partial charge on any atom is 0.119 e. The molecule has 0 atom stereocenters. The Morgan fingerprint density at radius 3 is 2.61 bits per heavy atom. The monoisotopic (exact) mass is 244 g/mol. The van der Waals surface area contributed by atoms with Gasteiger partial charge < -0.3 is 14.6 Å². The molecule has 2 aromatic rings. The minimum atomic E-state index is 0.688. The third-order valence-corrected chi connectivity index (χ3v) is 2.93. The zero-order valence-corrected chi connectivity index (χ0v) is 11.0. The predicted octanol–water partition coefficient (Wildman–Crippen LogP) is 2.50. The van der Waals surface area contributed by atoms with E-state index in [-0.39, 0.29) is 0 Å². The first-order chi connectivity index (χ1) is 8.75. The number of aryl methyl sites for hydroxylation is 2. The highest BCUT2D eigenvalue weighted by atomic mass is 16.5. The van der Waals surface area contributed by atoms with Crippen LogP contribution in [0.2, 0.25) is 0 Å². The van der Waals surface area contributed by atoms with Crippen molar-refractivity contribution in [3.8, 4) is 5.75 Å². The molecule has 1 aromatic carbocycles. The summed E-state index contributed by atoms with van der Waals surface area (Å²) in [6, 6.07) is 12.3. The summed E-state index contributed by atoms with van der Waals surface area (Å²) in [4.78, 5) is 0. The standard InChI is InChI=1S/C15H20N2O/c1-13-5-7-15(8-6-13)18-11-9-16-12-14-4-3-10-17(14)2/h3-8,10,16H,9,11-12H2,1-2H3. The van der Waals surface area contributed by atoms with Crippen LogP contribution in [0.4, 0.5) is 0 Å². The minimum Gasteiger partial charge on any atom is -0.492 e. The Morgan fingerprint density at radius 2 is 1.94 bits per heavy atom. The van der Waals surface area contributed by atoms with Gasteiger partial charge in [-0.05, 0) is 31.2 Å². The van der Waals surface area contributed by atoms with Gasteiger partial charge in [-0.25, -0.2) is 0 Å². The van der Waals surface area contributed by atoms with Crippen LogP contribution in [0.25, 0.3) is 0 Å². The van der Waals surface area contributed by atoms with Crippen molar-refractivity contribution in [3.63, 3.8) is 0 Å². The lowest BCUT2D eigenvalue weighted by atomic mass is 10.2. The van der Waals surface area contributed by atoms with Crippen LogP contribution in [-0.2, 0) is 13.6 Å². The lowest BCUT2D eigenvalue weighted by molar-refractivity contribution is 0.313. The molecule has 0 aliphatic carbocycles. The molecule has 1 N–H and O–H groups in total. The number of hydrogen-bond donors (Lipinski definition) is 1. The topological polar surface area (TPSA) is 26.2 Å². The van der Waals surface area contributed by atoms with Crippen molar-refractivity contribution >= 4 is 0 Å². The molecule has 3 heteroatoms. The average molecular weight is 244 g/mol. The summed E-state index contributed by atoms with van der Waals surface area (Å²) in [5.74, 6) is 0.932. The Kier molecular flexibility index (Phi) is 4.42. The molecule has 0 amide bonds. The summed E-state index contributed by atoms with van der Waals surface area (Å²) in [5, 5.41) is 3.36. The van der Waals surface area contributed by atoms with E-state index >= 15 is 0 Å². The third kappa shape index (κ3) is 3.64. The van der Waals surface area contributed by atoms with E-state index < -0.39 is 0 Å². The maximum absolute atomic E-state index is 5.64. The van der Waals surface area contributed by atoms with Crippen molar-refractivity contribution in [1.82, 2.24) is 9.88 Å². The van der Waals surface area contributed by atoms with E-state index in [1.807, 2.05) is 12.1 Å². The summed E-state index contributed by atoms with van der Waals surface area (Å²) < 4.78 is 7.76. The fourth-order valence-electron chi connectivity index (χ4n) is 1.77. The third-order valence-electron chi connectivity index (χ3n) is 2.93. The molecular formula is C15H20N2O. The molecule has 96 valence electrons. The molecule has 0 saturated heterocycles. The smallest absolute Gasteiger partial charge is 0.119 e. The van der Waals surface area contributed by atoms with Gasteiger partial charge >= 0.3 is 0 Å². The van der Waals surface area contributed by atoms with Crippen LogP contribution >= 0.6 is 0 Å². The van der Waals surface area contributed by atoms with Crippen molar-refractivity contribution < 1.29 is 4.74 Å². The van der Waals surface area contributed by atoms with E-state index in [2.05, 4.69) is 54.3 Å². The lowest BCUT2D eigenvalue weighted by Gasteiger charge is -2.08. The molecule has 0 radical (unpaired) electrons. The molecule has 0 bridgehead atoms. The quantitative estimate of drug-likeness (QED) is 0.790. The highest BCUT2D eigenvalue weighted by Crippen LogP contribution is 2.10. The number of ether oxygens (including phenoxy) is 1. The van der Waals surface area contributed by atoms with E-state index in [0.717, 1.165) is 18.8 Å². The highest BCUT2D eigenvalue weighted by molar-refractivity contribution is 5.26. The van der Waals surface area contributed by atoms with Crippen molar-refractivity contribution in [2.45, 2.75) is 13.5 Å². The molecule has 3 nitrogen and oxygen atoms in total. The number of benzene rings is 1. The normalized spacial score (nSPS) is 10.6. The summed E-state index contributed by atoms with van der Waals surface area (Å²) in [7, 11) is 2.06. The average Bonchev–Trinajstić information content (AvgIpc) is 2.77. The number of rotatable bonds is 6. The van der Waals surface area contributed by atoms with E-state index in [9.17, 15) is 0 Å². The van der Waals surface area contributed by atoms with E-state index in [1.165, 1.54) is 11.3 Å². The van der Waals surface area contributed by atoms with E-state index in [0.29, 0.717) is 6.61 Å². The Labute approximate surface area is 108 Å². The van der Waals surface area contributed by atoms with Crippen LogP contribution in [0.1, 0.15) is 11.3 Å². The second kappa shape index (κ2) is 6.26. The first-order valence-electron chi connectivity index (χ1n) is 6.26. The van der Waals surface area contributed by atoms with Crippen LogP contribution in [-0.4, -0.2) is 17.7 Å². The summed E-state index contributed by atoms with van der Waals surface area (Å²) in [6.07, 6.45) is 2.06. The van der Waals surface area contributed by atoms with Gasteiger partial charge in [0.05, 0.1) is 0 Å². The summed E-state index contributed by atoms with van der Waals surface area (Å²) in [6.45, 7) is 4.48. The molecule has 0 unspecified atom stereocenters. The van der Waals surface area contributed by atoms with Gasteiger partial charge in [-0.1, -0.05) is 17.7 Å². The fourth-order valence-corrected chi connectivity index (χ4v) is 1.77. The zero-order valence-electron chi connectivity index (χ0n) is 11.0. The molecule has 0 aliphatic heterocycles. The van der Waals surface area contributed by atoms with E-state index in [4.69, 9.17) is 4.74 Å². The van der Waals surface area contributed by atoms with Gasteiger partial charge in [0.15, 0.2) is 0 Å². The summed E-state index contributed by atoms with van der Waals surface area (Å²) in [5.41, 5.74) is 2.54. The zero-order chi connectivity index (χ0) is 12.8. The second-order valence-electron chi connectivity index (χ2n) is 4.45. The van der Waals surface area contributed by atoms with Crippen LogP contribution < -0.4 is 10.1 Å². The van der Waals surface area contributed by atoms with Gasteiger partial charge in [-0.3, -0.25) is 0 Å². The van der Waals surface area contributed by atoms with Crippen LogP contribution in [0.3, 0.4) is 0 Å². The molecule has 0 aliphatic rings. The Bertz CT molecular complexity index is 473. The Balaban J connectivity index is 1.64. The van der Waals surface area contributed by atoms with Crippen LogP contribution in [0.5, 0.6) is 5.75 Å². The maximum atomic E-state index is 5.64. The molecule has 0 spiro atoms. The van der Waals surface area contributed by atoms with Gasteiger partial charge in [0, 0.05) is 32.0 Å². The van der Waals surface area contributed by atoms with Crippen LogP contribution in [0.15, 0.2) is 42.6 Å². The first-order valence-corrected chi connectivity index (χ1v) is 6.26. The number of nitrogens with zero attached hydrogens (tertiary/aromatic N) is 1. The van der Waals surface area contributed by atoms with Gasteiger partial charge in [0.2, 0.25) is 0 Å². The highest BCUT2D eigenvalue weighted by Gasteiger charge is 1.96. The van der Waals surface area contributed by atoms with Crippen molar-refractivity contribution in [3.05, 3.63) is 53.9 Å². The van der Waals surface area contributed by atoms with Gasteiger partial charge in [0.1, 0.15) is 12.4 Å². The molecule has 2 rings (SSSR count). The lowest BCUT2D eigenvalue weighted by Crippen LogP contribution is -2.21. The molecule has 0 fully saturated rings. The number of hydrogen-bond acceptors (Lipinski definition) is 2. The number of aromatic nitrogens is 1. The largest absolute Gasteiger partial charge is 0.492 e. The van der Waals surface area contributed by atoms with Crippen LogP contribution in [0, 0.1) is 6.92 Å². The Hall–Kier alpha value is -1.74. The van der Waals surface area contributed by atoms with Gasteiger partial charge in [-0.15, -0.1) is 0 Å². The van der Waals surface area contributed by atoms with Crippen molar-refractivity contribution in [2.24, 2.45) is 7.05 Å². The van der Waals surface area contributed by atoms with E-state index in [1.54, 1.807) is 0 Å². The van der Waals surface area contributed by atoms with Gasteiger partial charge in [-0.2, -0.15) is 0 Å². The Morgan fingerprint density at radius 1 is 1.17 bits per heavy atom. The first kappa shape index (κ1) is 12.7. The predicted molar refractivity (Wildman–Crippen MR) is 73.8 cm³/mol. The van der Waals surface area contributed by atoms with Crippen molar-refractivity contribution in [1.29, 1.82) is 0 Å². The molecular weight excluding hydrogens is 224 g/mol. The SMILES string of the molecule is Cc1ccc(OCCNCc2cccn2C)cc1. The molecule has 18 heavy (non-hydrogen) atoms. The van der Waals surface area contributed by atoms with Gasteiger partial charge in [0.25, 0.3) is 0 Å². The minimum absolute atomic E-state index is 0.688.